The Labute approximate surface area is 116 Å². The van der Waals surface area contributed by atoms with E-state index in [-0.39, 0.29) is 5.97 Å². The van der Waals surface area contributed by atoms with E-state index >= 15 is 0 Å². The Bertz CT molecular complexity index is 416. The van der Waals surface area contributed by atoms with E-state index in [0.29, 0.717) is 11.6 Å². The van der Waals surface area contributed by atoms with Gasteiger partial charge in [0.2, 0.25) is 0 Å². The first-order valence-corrected chi connectivity index (χ1v) is 7.48. The summed E-state index contributed by atoms with van der Waals surface area (Å²) < 4.78 is 5.18. The average molecular weight is 286 g/mol. The Kier molecular flexibility index (Phi) is 4.40. The lowest BCUT2D eigenvalue weighted by molar-refractivity contribution is -0.147. The van der Waals surface area contributed by atoms with E-state index in [1.165, 1.54) is 0 Å². The fraction of sp³-hybridized carbons (Fsp3) is 0.462. The van der Waals surface area contributed by atoms with Crippen LogP contribution < -0.4 is 5.32 Å². The van der Waals surface area contributed by atoms with Gasteiger partial charge in [-0.15, -0.1) is 0 Å². The summed E-state index contributed by atoms with van der Waals surface area (Å²) in [4.78, 5) is 12.1. The molecule has 98 valence electrons. The Morgan fingerprint density at radius 1 is 1.50 bits per heavy atom. The van der Waals surface area contributed by atoms with Crippen LogP contribution in [0, 0.1) is 0 Å². The van der Waals surface area contributed by atoms with E-state index in [2.05, 4.69) is 5.32 Å². The molecular formula is C13H16ClNO2S. The fourth-order valence-corrected chi connectivity index (χ4v) is 3.40. The number of thioether (sulfide) groups is 1. The number of esters is 1. The maximum atomic E-state index is 12.1. The fourth-order valence-electron chi connectivity index (χ4n) is 1.95. The summed E-state index contributed by atoms with van der Waals surface area (Å²) in [7, 11) is 0. The van der Waals surface area contributed by atoms with Crippen molar-refractivity contribution in [2.75, 3.05) is 23.4 Å². The number of halogens is 1. The number of carbonyl (C=O) groups is 1. The van der Waals surface area contributed by atoms with Crippen molar-refractivity contribution < 1.29 is 9.53 Å². The summed E-state index contributed by atoms with van der Waals surface area (Å²) in [6, 6.07) is 7.38. The van der Waals surface area contributed by atoms with E-state index in [1.54, 1.807) is 11.8 Å². The highest BCUT2D eigenvalue weighted by Crippen LogP contribution is 2.33. The normalized spacial score (nSPS) is 22.8. The third-order valence-corrected chi connectivity index (χ3v) is 4.36. The number of benzene rings is 1. The SMILES string of the molecule is CCOC(=O)C1(Nc2ccc(Cl)cc2)CCSC1. The lowest BCUT2D eigenvalue weighted by Crippen LogP contribution is -2.47. The van der Waals surface area contributed by atoms with Crippen LogP contribution in [-0.4, -0.2) is 29.6 Å². The van der Waals surface area contributed by atoms with Crippen LogP contribution in [-0.2, 0) is 9.53 Å². The number of anilines is 1. The van der Waals surface area contributed by atoms with Crippen LogP contribution in [0.2, 0.25) is 5.02 Å². The van der Waals surface area contributed by atoms with Crippen LogP contribution in [0.3, 0.4) is 0 Å². The quantitative estimate of drug-likeness (QED) is 0.862. The Hall–Kier alpha value is -0.870. The highest BCUT2D eigenvalue weighted by molar-refractivity contribution is 7.99. The molecule has 1 saturated heterocycles. The zero-order valence-electron chi connectivity index (χ0n) is 10.2. The molecule has 0 amide bonds. The number of nitrogens with one attached hydrogen (secondary N) is 1. The van der Waals surface area contributed by atoms with E-state index in [1.807, 2.05) is 31.2 Å². The summed E-state index contributed by atoms with van der Waals surface area (Å²) >= 11 is 7.62. The van der Waals surface area contributed by atoms with Crippen molar-refractivity contribution in [3.63, 3.8) is 0 Å². The molecule has 1 unspecified atom stereocenters. The van der Waals surface area contributed by atoms with E-state index < -0.39 is 5.54 Å². The second-order valence-electron chi connectivity index (χ2n) is 4.24. The Balaban J connectivity index is 2.15. The molecule has 2 rings (SSSR count). The van der Waals surface area contributed by atoms with Gasteiger partial charge in [-0.2, -0.15) is 11.8 Å². The number of hydrogen-bond donors (Lipinski definition) is 1. The smallest absolute Gasteiger partial charge is 0.332 e. The van der Waals surface area contributed by atoms with Crippen LogP contribution in [0.15, 0.2) is 24.3 Å². The molecule has 1 aliphatic rings. The summed E-state index contributed by atoms with van der Waals surface area (Å²) in [5.74, 6) is 1.55. The first kappa shape index (κ1) is 13.6. The summed E-state index contributed by atoms with van der Waals surface area (Å²) in [5, 5.41) is 4.00. The number of rotatable bonds is 4. The second kappa shape index (κ2) is 5.85. The van der Waals surface area contributed by atoms with Gasteiger partial charge in [0.15, 0.2) is 0 Å². The van der Waals surface area contributed by atoms with Crippen molar-refractivity contribution in [1.82, 2.24) is 0 Å². The molecule has 1 aliphatic heterocycles. The molecule has 0 aromatic heterocycles. The van der Waals surface area contributed by atoms with Crippen LogP contribution in [0.4, 0.5) is 5.69 Å². The van der Waals surface area contributed by atoms with Crippen molar-refractivity contribution in [1.29, 1.82) is 0 Å². The topological polar surface area (TPSA) is 38.3 Å². The molecule has 1 atom stereocenters. The minimum absolute atomic E-state index is 0.162. The third-order valence-electron chi connectivity index (χ3n) is 2.92. The minimum atomic E-state index is -0.589. The van der Waals surface area contributed by atoms with Gasteiger partial charge in [0, 0.05) is 16.5 Å². The van der Waals surface area contributed by atoms with Crippen LogP contribution in [0.1, 0.15) is 13.3 Å². The summed E-state index contributed by atoms with van der Waals surface area (Å²) in [5.41, 5.74) is 0.309. The summed E-state index contributed by atoms with van der Waals surface area (Å²) in [6.07, 6.45) is 0.791. The molecule has 3 nitrogen and oxygen atoms in total. The molecule has 1 aromatic rings. The second-order valence-corrected chi connectivity index (χ2v) is 5.78. The van der Waals surface area contributed by atoms with E-state index in [9.17, 15) is 4.79 Å². The molecule has 0 aliphatic carbocycles. The van der Waals surface area contributed by atoms with Crippen molar-refractivity contribution in [3.05, 3.63) is 29.3 Å². The highest BCUT2D eigenvalue weighted by Gasteiger charge is 2.43. The predicted molar refractivity (Wildman–Crippen MR) is 76.4 cm³/mol. The number of carbonyl (C=O) groups excluding carboxylic acids is 1. The molecule has 0 saturated carbocycles. The first-order chi connectivity index (χ1) is 8.66. The number of hydrogen-bond acceptors (Lipinski definition) is 4. The Morgan fingerprint density at radius 2 is 2.22 bits per heavy atom. The monoisotopic (exact) mass is 285 g/mol. The zero-order valence-corrected chi connectivity index (χ0v) is 11.8. The third kappa shape index (κ3) is 2.93. The zero-order chi connectivity index (χ0) is 13.0. The van der Waals surface area contributed by atoms with Crippen molar-refractivity contribution in [2.45, 2.75) is 18.9 Å². The molecule has 0 spiro atoms. The summed E-state index contributed by atoms with van der Waals surface area (Å²) in [6.45, 7) is 2.24. The molecule has 0 radical (unpaired) electrons. The van der Waals surface area contributed by atoms with E-state index in [4.69, 9.17) is 16.3 Å². The molecule has 1 heterocycles. The van der Waals surface area contributed by atoms with Crippen LogP contribution in [0.5, 0.6) is 0 Å². The molecule has 1 fully saturated rings. The molecular weight excluding hydrogens is 270 g/mol. The van der Waals surface area contributed by atoms with Gasteiger partial charge < -0.3 is 10.1 Å². The standard InChI is InChI=1S/C13H16ClNO2S/c1-2-17-12(16)13(7-8-18-9-13)15-11-5-3-10(14)4-6-11/h3-6,15H,2,7-9H2,1H3. The van der Waals surface area contributed by atoms with Gasteiger partial charge in [-0.3, -0.25) is 0 Å². The largest absolute Gasteiger partial charge is 0.464 e. The molecule has 18 heavy (non-hydrogen) atoms. The van der Waals surface area contributed by atoms with Gasteiger partial charge in [0.05, 0.1) is 6.61 Å². The van der Waals surface area contributed by atoms with Crippen molar-refractivity contribution >= 4 is 35.0 Å². The molecule has 5 heteroatoms. The Morgan fingerprint density at radius 3 is 2.78 bits per heavy atom. The number of ether oxygens (including phenoxy) is 1. The molecule has 1 aromatic carbocycles. The van der Waals surface area contributed by atoms with Gasteiger partial charge in [0.1, 0.15) is 5.54 Å². The van der Waals surface area contributed by atoms with Crippen molar-refractivity contribution in [3.8, 4) is 0 Å². The van der Waals surface area contributed by atoms with Gasteiger partial charge in [-0.1, -0.05) is 11.6 Å². The lowest BCUT2D eigenvalue weighted by atomic mass is 9.98. The first-order valence-electron chi connectivity index (χ1n) is 5.95. The van der Waals surface area contributed by atoms with Gasteiger partial charge in [0.25, 0.3) is 0 Å². The van der Waals surface area contributed by atoms with Gasteiger partial charge in [-0.05, 0) is 43.4 Å². The molecule has 1 N–H and O–H groups in total. The minimum Gasteiger partial charge on any atom is -0.464 e. The van der Waals surface area contributed by atoms with Gasteiger partial charge in [-0.25, -0.2) is 4.79 Å². The predicted octanol–water partition coefficient (Wildman–Crippen LogP) is 3.19. The average Bonchev–Trinajstić information content (AvgIpc) is 2.82. The van der Waals surface area contributed by atoms with E-state index in [0.717, 1.165) is 23.6 Å². The highest BCUT2D eigenvalue weighted by atomic mass is 35.5. The maximum absolute atomic E-state index is 12.1. The van der Waals surface area contributed by atoms with Gasteiger partial charge >= 0.3 is 5.97 Å². The van der Waals surface area contributed by atoms with Crippen molar-refractivity contribution in [2.24, 2.45) is 0 Å². The lowest BCUT2D eigenvalue weighted by Gasteiger charge is -2.28. The maximum Gasteiger partial charge on any atom is 0.332 e. The van der Waals surface area contributed by atoms with Crippen LogP contribution in [0.25, 0.3) is 0 Å². The molecule has 0 bridgehead atoms. The van der Waals surface area contributed by atoms with Crippen LogP contribution >= 0.6 is 23.4 Å².